The summed E-state index contributed by atoms with van der Waals surface area (Å²) >= 11 is 1.25. The molecule has 2 aromatic rings. The van der Waals surface area contributed by atoms with Crippen molar-refractivity contribution < 1.29 is 9.13 Å². The first kappa shape index (κ1) is 13.6. The van der Waals surface area contributed by atoms with Gasteiger partial charge in [-0.05, 0) is 42.1 Å². The lowest BCUT2D eigenvalue weighted by atomic mass is 10.3. The highest BCUT2D eigenvalue weighted by Gasteiger charge is 2.14. The average molecular weight is 283 g/mol. The van der Waals surface area contributed by atoms with E-state index in [0.29, 0.717) is 15.7 Å². The zero-order valence-electron chi connectivity index (χ0n) is 10.8. The summed E-state index contributed by atoms with van der Waals surface area (Å²) < 4.78 is 20.6. The van der Waals surface area contributed by atoms with Crippen LogP contribution in [0.2, 0.25) is 0 Å². The van der Waals surface area contributed by atoms with Crippen molar-refractivity contribution in [3.05, 3.63) is 17.9 Å². The second kappa shape index (κ2) is 5.43. The lowest BCUT2D eigenvalue weighted by Gasteiger charge is -2.13. The molecule has 0 bridgehead atoms. The van der Waals surface area contributed by atoms with E-state index in [1.54, 1.807) is 13.1 Å². The molecule has 0 fully saturated rings. The van der Waals surface area contributed by atoms with Gasteiger partial charge in [0.2, 0.25) is 5.16 Å². The number of anilines is 1. The maximum atomic E-state index is 13.7. The summed E-state index contributed by atoms with van der Waals surface area (Å²) in [6, 6.07) is 2.80. The van der Waals surface area contributed by atoms with Crippen LogP contribution in [0.4, 0.5) is 10.1 Å². The maximum absolute atomic E-state index is 13.7. The van der Waals surface area contributed by atoms with E-state index in [9.17, 15) is 4.39 Å². The Hall–Kier alpha value is -1.83. The van der Waals surface area contributed by atoms with Crippen molar-refractivity contribution in [3.63, 3.8) is 0 Å². The summed E-state index contributed by atoms with van der Waals surface area (Å²) in [5.74, 6) is -0.312. The Morgan fingerprint density at radius 1 is 1.42 bits per heavy atom. The van der Waals surface area contributed by atoms with Gasteiger partial charge in [0.1, 0.15) is 0 Å². The highest BCUT2D eigenvalue weighted by Crippen LogP contribution is 2.35. The Kier molecular flexibility index (Phi) is 3.89. The summed E-state index contributed by atoms with van der Waals surface area (Å²) in [6.45, 7) is 3.66. The minimum absolute atomic E-state index is 0.118. The number of hydrogen-bond donors (Lipinski definition) is 1. The van der Waals surface area contributed by atoms with Gasteiger partial charge in [-0.1, -0.05) is 0 Å². The van der Waals surface area contributed by atoms with Crippen molar-refractivity contribution >= 4 is 17.4 Å². The van der Waals surface area contributed by atoms with Gasteiger partial charge in [-0.3, -0.25) is 0 Å². The molecule has 1 aromatic heterocycles. The minimum Gasteiger partial charge on any atom is -0.488 e. The quantitative estimate of drug-likeness (QED) is 0.863. The van der Waals surface area contributed by atoms with E-state index in [1.807, 2.05) is 13.8 Å². The van der Waals surface area contributed by atoms with Gasteiger partial charge in [-0.25, -0.2) is 9.07 Å². The summed E-state index contributed by atoms with van der Waals surface area (Å²) in [7, 11) is 1.72. The van der Waals surface area contributed by atoms with E-state index < -0.39 is 5.82 Å². The summed E-state index contributed by atoms with van der Waals surface area (Å²) in [5, 5.41) is 11.7. The number of aryl methyl sites for hydroxylation is 1. The Morgan fingerprint density at radius 3 is 2.74 bits per heavy atom. The molecule has 1 aromatic carbocycles. The van der Waals surface area contributed by atoms with E-state index in [1.165, 1.54) is 22.5 Å². The normalized spacial score (nSPS) is 11.0. The fourth-order valence-electron chi connectivity index (χ4n) is 1.39. The summed E-state index contributed by atoms with van der Waals surface area (Å²) in [4.78, 5) is 0.648. The van der Waals surface area contributed by atoms with Crippen molar-refractivity contribution in [2.24, 2.45) is 7.05 Å². The molecule has 0 aliphatic heterocycles. The van der Waals surface area contributed by atoms with Gasteiger partial charge >= 0.3 is 0 Å². The van der Waals surface area contributed by atoms with Crippen LogP contribution in [0, 0.1) is 5.82 Å². The predicted molar refractivity (Wildman–Crippen MR) is 69.5 cm³/mol. The number of tetrazole rings is 1. The molecular weight excluding hydrogens is 269 g/mol. The van der Waals surface area contributed by atoms with Gasteiger partial charge in [0, 0.05) is 23.7 Å². The van der Waals surface area contributed by atoms with Crippen molar-refractivity contribution in [1.29, 1.82) is 0 Å². The predicted octanol–water partition coefficient (Wildman–Crippen LogP) is 1.87. The summed E-state index contributed by atoms with van der Waals surface area (Å²) in [5.41, 5.74) is 6.11. The van der Waals surface area contributed by atoms with E-state index in [4.69, 9.17) is 10.5 Å². The summed E-state index contributed by atoms with van der Waals surface area (Å²) in [6.07, 6.45) is -0.118. The standard InChI is InChI=1S/C11H14FN5OS/c1-6(2)18-9-5-10(8(13)4-7(9)12)19-11-14-15-16-17(11)3/h4-6H,13H2,1-3H3. The van der Waals surface area contributed by atoms with Crippen LogP contribution in [0.25, 0.3) is 0 Å². The first-order valence-corrected chi connectivity index (χ1v) is 6.45. The smallest absolute Gasteiger partial charge is 0.213 e. The van der Waals surface area contributed by atoms with Crippen LogP contribution in [0.3, 0.4) is 0 Å². The topological polar surface area (TPSA) is 78.9 Å². The van der Waals surface area contributed by atoms with Crippen LogP contribution < -0.4 is 10.5 Å². The number of rotatable bonds is 4. The molecule has 0 saturated carbocycles. The van der Waals surface area contributed by atoms with Gasteiger partial charge in [0.15, 0.2) is 11.6 Å². The van der Waals surface area contributed by atoms with Gasteiger partial charge in [0.05, 0.1) is 6.10 Å². The Bertz CT molecular complexity index is 586. The lowest BCUT2D eigenvalue weighted by Crippen LogP contribution is -2.07. The zero-order chi connectivity index (χ0) is 14.0. The van der Waals surface area contributed by atoms with Crippen LogP contribution in [0.5, 0.6) is 5.75 Å². The van der Waals surface area contributed by atoms with Gasteiger partial charge < -0.3 is 10.5 Å². The third-order valence-corrected chi connectivity index (χ3v) is 3.31. The van der Waals surface area contributed by atoms with Crippen LogP contribution in [-0.4, -0.2) is 26.3 Å². The largest absolute Gasteiger partial charge is 0.488 e. The monoisotopic (exact) mass is 283 g/mol. The Labute approximate surface area is 114 Å². The van der Waals surface area contributed by atoms with Crippen molar-refractivity contribution in [2.75, 3.05) is 5.73 Å². The number of benzene rings is 1. The number of ether oxygens (including phenoxy) is 1. The molecule has 0 saturated heterocycles. The molecule has 2 N–H and O–H groups in total. The van der Waals surface area contributed by atoms with Crippen molar-refractivity contribution in [2.45, 2.75) is 30.0 Å². The molecular formula is C11H14FN5OS. The maximum Gasteiger partial charge on any atom is 0.213 e. The molecule has 0 unspecified atom stereocenters. The number of halogens is 1. The molecule has 0 aliphatic rings. The number of hydrogen-bond acceptors (Lipinski definition) is 6. The second-order valence-electron chi connectivity index (χ2n) is 4.17. The molecule has 0 atom stereocenters. The first-order valence-electron chi connectivity index (χ1n) is 5.63. The van der Waals surface area contributed by atoms with Crippen LogP contribution in [-0.2, 0) is 7.05 Å². The third kappa shape index (κ3) is 3.14. The minimum atomic E-state index is -0.480. The molecule has 8 heteroatoms. The third-order valence-electron chi connectivity index (χ3n) is 2.21. The average Bonchev–Trinajstić information content (AvgIpc) is 2.70. The number of aromatic nitrogens is 4. The molecule has 1 heterocycles. The zero-order valence-corrected chi connectivity index (χ0v) is 11.6. The Morgan fingerprint density at radius 2 is 2.16 bits per heavy atom. The van der Waals surface area contributed by atoms with E-state index in [2.05, 4.69) is 15.5 Å². The van der Waals surface area contributed by atoms with Crippen molar-refractivity contribution in [3.8, 4) is 5.75 Å². The number of nitrogen functional groups attached to an aromatic ring is 1. The molecule has 0 amide bonds. The van der Waals surface area contributed by atoms with Crippen LogP contribution in [0.15, 0.2) is 22.2 Å². The van der Waals surface area contributed by atoms with Gasteiger partial charge in [-0.2, -0.15) is 0 Å². The fraction of sp³-hybridized carbons (Fsp3) is 0.364. The Balaban J connectivity index is 2.32. The molecule has 6 nitrogen and oxygen atoms in total. The molecule has 0 radical (unpaired) electrons. The molecule has 2 rings (SSSR count). The van der Waals surface area contributed by atoms with Crippen LogP contribution in [0.1, 0.15) is 13.8 Å². The highest BCUT2D eigenvalue weighted by molar-refractivity contribution is 7.99. The lowest BCUT2D eigenvalue weighted by molar-refractivity contribution is 0.230. The van der Waals surface area contributed by atoms with Gasteiger partial charge in [0.25, 0.3) is 0 Å². The van der Waals surface area contributed by atoms with E-state index in [0.717, 1.165) is 0 Å². The molecule has 19 heavy (non-hydrogen) atoms. The first-order chi connectivity index (χ1) is 8.97. The van der Waals surface area contributed by atoms with E-state index in [-0.39, 0.29) is 11.9 Å². The molecule has 0 spiro atoms. The fourth-order valence-corrected chi connectivity index (χ4v) is 2.17. The van der Waals surface area contributed by atoms with Gasteiger partial charge in [-0.15, -0.1) is 5.10 Å². The molecule has 0 aliphatic carbocycles. The van der Waals surface area contributed by atoms with Crippen molar-refractivity contribution in [1.82, 2.24) is 20.2 Å². The number of nitrogens with two attached hydrogens (primary N) is 1. The SMILES string of the molecule is CC(C)Oc1cc(Sc2nnnn2C)c(N)cc1F. The van der Waals surface area contributed by atoms with Crippen LogP contribution >= 0.6 is 11.8 Å². The molecule has 102 valence electrons. The number of nitrogens with zero attached hydrogens (tertiary/aromatic N) is 4. The highest BCUT2D eigenvalue weighted by atomic mass is 32.2. The van der Waals surface area contributed by atoms with E-state index >= 15 is 0 Å². The second-order valence-corrected chi connectivity index (χ2v) is 5.18.